The largest absolute Gasteiger partial charge is 0.377 e. The Morgan fingerprint density at radius 2 is 2.22 bits per heavy atom. The van der Waals surface area contributed by atoms with Crippen LogP contribution in [0.25, 0.3) is 0 Å². The van der Waals surface area contributed by atoms with E-state index in [1.807, 2.05) is 0 Å². The number of aromatic nitrogens is 2. The third-order valence-electron chi connectivity index (χ3n) is 3.19. The molecule has 1 aromatic rings. The monoisotopic (exact) mass is 253 g/mol. The average molecular weight is 253 g/mol. The van der Waals surface area contributed by atoms with Crippen LogP contribution in [0, 0.1) is 0 Å². The highest BCUT2D eigenvalue weighted by Gasteiger charge is 2.17. The molecule has 0 N–H and O–H groups in total. The molecule has 0 aliphatic carbocycles. The van der Waals surface area contributed by atoms with E-state index in [2.05, 4.69) is 35.9 Å². The second kappa shape index (κ2) is 6.29. The van der Waals surface area contributed by atoms with Crippen LogP contribution in [0.15, 0.2) is 4.52 Å². The van der Waals surface area contributed by atoms with Gasteiger partial charge in [-0.2, -0.15) is 4.98 Å². The summed E-state index contributed by atoms with van der Waals surface area (Å²) in [6.07, 6.45) is 3.99. The molecule has 1 unspecified atom stereocenters. The van der Waals surface area contributed by atoms with Crippen molar-refractivity contribution in [3.05, 3.63) is 11.7 Å². The summed E-state index contributed by atoms with van der Waals surface area (Å²) < 4.78 is 11.0. The van der Waals surface area contributed by atoms with Crippen LogP contribution in [0.5, 0.6) is 0 Å². The minimum atomic E-state index is 0.314. The Labute approximate surface area is 108 Å². The molecule has 1 saturated heterocycles. The standard InChI is InChI=1S/C13H23N3O2/c1-10(2)13-14-12(18-15-13)9-16(3)8-11-6-4-5-7-17-11/h10-11H,4-9H2,1-3H3. The van der Waals surface area contributed by atoms with Crippen molar-refractivity contribution in [2.45, 2.75) is 51.7 Å². The highest BCUT2D eigenvalue weighted by molar-refractivity contribution is 4.91. The molecule has 1 aliphatic rings. The molecule has 102 valence electrons. The molecule has 1 atom stereocenters. The van der Waals surface area contributed by atoms with Crippen LogP contribution in [0.3, 0.4) is 0 Å². The van der Waals surface area contributed by atoms with Gasteiger partial charge < -0.3 is 9.26 Å². The van der Waals surface area contributed by atoms with Crippen LogP contribution >= 0.6 is 0 Å². The molecule has 1 aliphatic heterocycles. The van der Waals surface area contributed by atoms with Gasteiger partial charge in [-0.1, -0.05) is 19.0 Å². The minimum absolute atomic E-state index is 0.314. The lowest BCUT2D eigenvalue weighted by Crippen LogP contribution is -2.33. The number of nitrogens with zero attached hydrogens (tertiary/aromatic N) is 3. The first kappa shape index (κ1) is 13.5. The SMILES string of the molecule is CC(C)c1noc(CN(C)CC2CCCCO2)n1. The van der Waals surface area contributed by atoms with Crippen LogP contribution in [-0.4, -0.2) is 41.3 Å². The summed E-state index contributed by atoms with van der Waals surface area (Å²) in [5.41, 5.74) is 0. The minimum Gasteiger partial charge on any atom is -0.377 e. The molecule has 0 saturated carbocycles. The number of hydrogen-bond acceptors (Lipinski definition) is 5. The third-order valence-corrected chi connectivity index (χ3v) is 3.19. The van der Waals surface area contributed by atoms with E-state index in [1.165, 1.54) is 12.8 Å². The molecule has 5 heteroatoms. The van der Waals surface area contributed by atoms with Gasteiger partial charge in [-0.15, -0.1) is 0 Å². The van der Waals surface area contributed by atoms with Crippen molar-refractivity contribution in [3.63, 3.8) is 0 Å². The van der Waals surface area contributed by atoms with Crippen molar-refractivity contribution in [2.24, 2.45) is 0 Å². The molecule has 2 rings (SSSR count). The molecule has 0 amide bonds. The van der Waals surface area contributed by atoms with E-state index < -0.39 is 0 Å². The Balaban J connectivity index is 1.80. The van der Waals surface area contributed by atoms with E-state index in [-0.39, 0.29) is 0 Å². The van der Waals surface area contributed by atoms with E-state index in [0.29, 0.717) is 24.5 Å². The van der Waals surface area contributed by atoms with Crippen molar-refractivity contribution >= 4 is 0 Å². The van der Waals surface area contributed by atoms with Gasteiger partial charge in [0.2, 0.25) is 5.89 Å². The normalized spacial score (nSPS) is 20.8. The van der Waals surface area contributed by atoms with E-state index >= 15 is 0 Å². The lowest BCUT2D eigenvalue weighted by Gasteiger charge is -2.26. The number of ether oxygens (including phenoxy) is 1. The molecule has 1 aromatic heterocycles. The van der Waals surface area contributed by atoms with Crippen molar-refractivity contribution in [1.29, 1.82) is 0 Å². The Kier molecular flexibility index (Phi) is 4.72. The van der Waals surface area contributed by atoms with Crippen LogP contribution in [0.2, 0.25) is 0 Å². The summed E-state index contributed by atoms with van der Waals surface area (Å²) in [5.74, 6) is 1.79. The smallest absolute Gasteiger partial charge is 0.240 e. The maximum Gasteiger partial charge on any atom is 0.240 e. The molecule has 0 spiro atoms. The molecule has 5 nitrogen and oxygen atoms in total. The van der Waals surface area contributed by atoms with Crippen molar-refractivity contribution in [2.75, 3.05) is 20.2 Å². The summed E-state index contributed by atoms with van der Waals surface area (Å²) in [4.78, 5) is 6.57. The first-order chi connectivity index (χ1) is 8.65. The van der Waals surface area contributed by atoms with Gasteiger partial charge in [0.15, 0.2) is 5.82 Å². The highest BCUT2D eigenvalue weighted by Crippen LogP contribution is 2.15. The maximum absolute atomic E-state index is 5.72. The molecule has 2 heterocycles. The van der Waals surface area contributed by atoms with Gasteiger partial charge >= 0.3 is 0 Å². The molecule has 0 aromatic carbocycles. The van der Waals surface area contributed by atoms with E-state index in [1.54, 1.807) is 0 Å². The van der Waals surface area contributed by atoms with Crippen LogP contribution in [0.4, 0.5) is 0 Å². The summed E-state index contributed by atoms with van der Waals surface area (Å²) >= 11 is 0. The Morgan fingerprint density at radius 3 is 2.83 bits per heavy atom. The number of rotatable bonds is 5. The summed E-state index contributed by atoms with van der Waals surface area (Å²) in [6.45, 7) is 6.65. The van der Waals surface area contributed by atoms with Crippen molar-refractivity contribution in [1.82, 2.24) is 15.0 Å². The van der Waals surface area contributed by atoms with Gasteiger partial charge in [0.1, 0.15) is 0 Å². The van der Waals surface area contributed by atoms with Crippen LogP contribution in [0.1, 0.15) is 50.7 Å². The quantitative estimate of drug-likeness (QED) is 0.805. The number of hydrogen-bond donors (Lipinski definition) is 0. The van der Waals surface area contributed by atoms with Gasteiger partial charge in [0, 0.05) is 19.1 Å². The van der Waals surface area contributed by atoms with Crippen LogP contribution in [-0.2, 0) is 11.3 Å². The molecule has 0 radical (unpaired) electrons. The lowest BCUT2D eigenvalue weighted by atomic mass is 10.1. The Morgan fingerprint density at radius 1 is 1.39 bits per heavy atom. The Hall–Kier alpha value is -0.940. The molecule has 18 heavy (non-hydrogen) atoms. The highest BCUT2D eigenvalue weighted by atomic mass is 16.5. The van der Waals surface area contributed by atoms with Crippen molar-refractivity contribution in [3.8, 4) is 0 Å². The maximum atomic E-state index is 5.72. The summed E-state index contributed by atoms with van der Waals surface area (Å²) in [6, 6.07) is 0. The number of likely N-dealkylation sites (N-methyl/N-ethyl adjacent to an activating group) is 1. The van der Waals surface area contributed by atoms with E-state index in [9.17, 15) is 0 Å². The zero-order valence-electron chi connectivity index (χ0n) is 11.6. The van der Waals surface area contributed by atoms with Gasteiger partial charge in [0.05, 0.1) is 12.6 Å². The topological polar surface area (TPSA) is 51.4 Å². The zero-order chi connectivity index (χ0) is 13.0. The van der Waals surface area contributed by atoms with Crippen LogP contribution < -0.4 is 0 Å². The summed E-state index contributed by atoms with van der Waals surface area (Å²) in [5, 5.41) is 3.97. The summed E-state index contributed by atoms with van der Waals surface area (Å²) in [7, 11) is 2.07. The predicted octanol–water partition coefficient (Wildman–Crippen LogP) is 2.19. The predicted molar refractivity (Wildman–Crippen MR) is 68.3 cm³/mol. The lowest BCUT2D eigenvalue weighted by molar-refractivity contribution is -0.00382. The third kappa shape index (κ3) is 3.78. The molecule has 0 bridgehead atoms. The fourth-order valence-corrected chi connectivity index (χ4v) is 2.16. The fraction of sp³-hybridized carbons (Fsp3) is 0.846. The first-order valence-electron chi connectivity index (χ1n) is 6.77. The second-order valence-electron chi connectivity index (χ2n) is 5.39. The molecular weight excluding hydrogens is 230 g/mol. The molecule has 1 fully saturated rings. The fourth-order valence-electron chi connectivity index (χ4n) is 2.16. The van der Waals surface area contributed by atoms with Gasteiger partial charge in [0.25, 0.3) is 0 Å². The molecular formula is C13H23N3O2. The first-order valence-corrected chi connectivity index (χ1v) is 6.77. The van der Waals surface area contributed by atoms with E-state index in [4.69, 9.17) is 9.26 Å². The second-order valence-corrected chi connectivity index (χ2v) is 5.39. The average Bonchev–Trinajstić information content (AvgIpc) is 2.78. The Bertz CT molecular complexity index is 359. The van der Waals surface area contributed by atoms with Gasteiger partial charge in [-0.3, -0.25) is 4.90 Å². The zero-order valence-corrected chi connectivity index (χ0v) is 11.6. The van der Waals surface area contributed by atoms with Crippen molar-refractivity contribution < 1.29 is 9.26 Å². The van der Waals surface area contributed by atoms with Gasteiger partial charge in [-0.05, 0) is 26.3 Å². The van der Waals surface area contributed by atoms with Gasteiger partial charge in [-0.25, -0.2) is 0 Å². The van der Waals surface area contributed by atoms with E-state index in [0.717, 1.165) is 25.4 Å².